The molecular formula is C17H26N2O3S. The SMILES string of the molecule is CS(=O)(=O)N[C@H]1CCO[C@]2(CCN(CCc3ccccc3)C2)C1. The Kier molecular flexibility index (Phi) is 5.06. The second-order valence-electron chi connectivity index (χ2n) is 6.87. The van der Waals surface area contributed by atoms with E-state index in [1.165, 1.54) is 11.8 Å². The standard InChI is InChI=1S/C17H26N2O3S/c1-23(20,21)18-16-8-12-22-17(13-16)9-11-19(14-17)10-7-15-5-3-2-4-6-15/h2-6,16,18H,7-14H2,1H3/t16-,17+/m0/s1. The van der Waals surface area contributed by atoms with Gasteiger partial charge in [-0.3, -0.25) is 0 Å². The van der Waals surface area contributed by atoms with E-state index in [1.807, 2.05) is 6.07 Å². The van der Waals surface area contributed by atoms with E-state index in [2.05, 4.69) is 33.9 Å². The lowest BCUT2D eigenvalue weighted by Gasteiger charge is -2.38. The van der Waals surface area contributed by atoms with Crippen LogP contribution in [0.4, 0.5) is 0 Å². The number of nitrogens with one attached hydrogen (secondary N) is 1. The molecule has 5 nitrogen and oxygen atoms in total. The molecule has 1 N–H and O–H groups in total. The molecule has 0 unspecified atom stereocenters. The van der Waals surface area contributed by atoms with E-state index in [4.69, 9.17) is 4.74 Å². The van der Waals surface area contributed by atoms with Crippen LogP contribution >= 0.6 is 0 Å². The quantitative estimate of drug-likeness (QED) is 0.882. The van der Waals surface area contributed by atoms with Crippen LogP contribution in [0, 0.1) is 0 Å². The highest BCUT2D eigenvalue weighted by atomic mass is 32.2. The van der Waals surface area contributed by atoms with Gasteiger partial charge in [-0.15, -0.1) is 0 Å². The van der Waals surface area contributed by atoms with Crippen molar-refractivity contribution in [1.82, 2.24) is 9.62 Å². The maximum Gasteiger partial charge on any atom is 0.208 e. The summed E-state index contributed by atoms with van der Waals surface area (Å²) in [5, 5.41) is 0. The first-order chi connectivity index (χ1) is 10.9. The van der Waals surface area contributed by atoms with Gasteiger partial charge in [-0.25, -0.2) is 13.1 Å². The average molecular weight is 338 g/mol. The lowest BCUT2D eigenvalue weighted by Crippen LogP contribution is -2.49. The van der Waals surface area contributed by atoms with Gasteiger partial charge >= 0.3 is 0 Å². The summed E-state index contributed by atoms with van der Waals surface area (Å²) in [5.41, 5.74) is 1.19. The van der Waals surface area contributed by atoms with Crippen LogP contribution < -0.4 is 4.72 Å². The van der Waals surface area contributed by atoms with E-state index in [9.17, 15) is 8.42 Å². The molecule has 2 aliphatic heterocycles. The van der Waals surface area contributed by atoms with Crippen LogP contribution in [-0.2, 0) is 21.2 Å². The van der Waals surface area contributed by atoms with Crippen LogP contribution in [0.1, 0.15) is 24.8 Å². The van der Waals surface area contributed by atoms with Crippen LogP contribution in [-0.4, -0.2) is 57.5 Å². The summed E-state index contributed by atoms with van der Waals surface area (Å²) in [4.78, 5) is 2.44. The summed E-state index contributed by atoms with van der Waals surface area (Å²) in [5.74, 6) is 0. The first-order valence-corrected chi connectivity index (χ1v) is 10.2. The Balaban J connectivity index is 1.53. The molecule has 6 heteroatoms. The van der Waals surface area contributed by atoms with Crippen molar-refractivity contribution in [2.75, 3.05) is 32.5 Å². The number of sulfonamides is 1. The molecule has 0 saturated carbocycles. The van der Waals surface area contributed by atoms with Crippen LogP contribution in [0.25, 0.3) is 0 Å². The maximum absolute atomic E-state index is 11.5. The number of hydrogen-bond donors (Lipinski definition) is 1. The number of benzene rings is 1. The summed E-state index contributed by atoms with van der Waals surface area (Å²) in [6.45, 7) is 3.60. The van der Waals surface area contributed by atoms with Gasteiger partial charge in [0, 0.05) is 32.3 Å². The monoisotopic (exact) mass is 338 g/mol. The molecule has 0 aliphatic carbocycles. The second-order valence-corrected chi connectivity index (χ2v) is 8.65. The average Bonchev–Trinajstić information content (AvgIpc) is 2.87. The molecule has 0 amide bonds. The fourth-order valence-electron chi connectivity index (χ4n) is 3.77. The maximum atomic E-state index is 11.5. The van der Waals surface area contributed by atoms with Crippen LogP contribution in [0.15, 0.2) is 30.3 Å². The molecule has 2 heterocycles. The zero-order chi connectivity index (χ0) is 16.3. The van der Waals surface area contributed by atoms with Crippen LogP contribution in [0.2, 0.25) is 0 Å². The van der Waals surface area contributed by atoms with Crippen molar-refractivity contribution in [3.05, 3.63) is 35.9 Å². The van der Waals surface area contributed by atoms with E-state index in [1.54, 1.807) is 0 Å². The van der Waals surface area contributed by atoms with Crippen LogP contribution in [0.5, 0.6) is 0 Å². The highest BCUT2D eigenvalue weighted by Crippen LogP contribution is 2.34. The second kappa shape index (κ2) is 6.89. The Morgan fingerprint density at radius 2 is 2.13 bits per heavy atom. The van der Waals surface area contributed by atoms with Gasteiger partial charge in [-0.2, -0.15) is 0 Å². The van der Waals surface area contributed by atoms with Gasteiger partial charge < -0.3 is 9.64 Å². The fourth-order valence-corrected chi connectivity index (χ4v) is 4.57. The van der Waals surface area contributed by atoms with E-state index in [-0.39, 0.29) is 11.6 Å². The Hall–Kier alpha value is -0.950. The first kappa shape index (κ1) is 16.9. The minimum absolute atomic E-state index is 0.00724. The molecular weight excluding hydrogens is 312 g/mol. The van der Waals surface area contributed by atoms with E-state index in [0.29, 0.717) is 6.61 Å². The minimum atomic E-state index is -3.15. The molecule has 0 bridgehead atoms. The Morgan fingerprint density at radius 1 is 1.35 bits per heavy atom. The Bertz CT molecular complexity index is 620. The number of rotatable bonds is 5. The predicted octanol–water partition coefficient (Wildman–Crippen LogP) is 1.40. The molecule has 2 atom stereocenters. The largest absolute Gasteiger partial charge is 0.373 e. The molecule has 0 aromatic heterocycles. The summed E-state index contributed by atoms with van der Waals surface area (Å²) in [7, 11) is -3.15. The van der Waals surface area contributed by atoms with E-state index in [0.717, 1.165) is 45.3 Å². The highest BCUT2D eigenvalue weighted by Gasteiger charge is 2.43. The van der Waals surface area contributed by atoms with Crippen molar-refractivity contribution in [3.8, 4) is 0 Å². The van der Waals surface area contributed by atoms with Gasteiger partial charge in [0.05, 0.1) is 11.9 Å². The number of ether oxygens (including phenoxy) is 1. The smallest absolute Gasteiger partial charge is 0.208 e. The number of nitrogens with zero attached hydrogens (tertiary/aromatic N) is 1. The van der Waals surface area contributed by atoms with Gasteiger partial charge in [-0.05, 0) is 31.2 Å². The molecule has 2 saturated heterocycles. The van der Waals surface area contributed by atoms with Crippen molar-refractivity contribution >= 4 is 10.0 Å². The highest BCUT2D eigenvalue weighted by molar-refractivity contribution is 7.88. The molecule has 0 radical (unpaired) electrons. The third-order valence-corrected chi connectivity index (χ3v) is 5.59. The molecule has 1 spiro atoms. The van der Waals surface area contributed by atoms with Crippen molar-refractivity contribution in [2.24, 2.45) is 0 Å². The van der Waals surface area contributed by atoms with Gasteiger partial charge in [0.25, 0.3) is 0 Å². The summed E-state index contributed by atoms with van der Waals surface area (Å²) < 4.78 is 31.8. The molecule has 128 valence electrons. The predicted molar refractivity (Wildman–Crippen MR) is 90.9 cm³/mol. The lowest BCUT2D eigenvalue weighted by molar-refractivity contribution is -0.0775. The van der Waals surface area contributed by atoms with Gasteiger partial charge in [0.1, 0.15) is 0 Å². The minimum Gasteiger partial charge on any atom is -0.373 e. The topological polar surface area (TPSA) is 58.6 Å². The van der Waals surface area contributed by atoms with Crippen molar-refractivity contribution < 1.29 is 13.2 Å². The molecule has 2 aliphatic rings. The summed E-state index contributed by atoms with van der Waals surface area (Å²) in [6, 6.07) is 10.5. The normalized spacial score (nSPS) is 29.2. The molecule has 1 aromatic carbocycles. The van der Waals surface area contributed by atoms with E-state index >= 15 is 0 Å². The Morgan fingerprint density at radius 3 is 2.87 bits per heavy atom. The molecule has 1 aromatic rings. The molecule has 23 heavy (non-hydrogen) atoms. The third kappa shape index (κ3) is 4.76. The van der Waals surface area contributed by atoms with Crippen molar-refractivity contribution in [3.63, 3.8) is 0 Å². The van der Waals surface area contributed by atoms with Gasteiger partial charge in [0.15, 0.2) is 0 Å². The first-order valence-electron chi connectivity index (χ1n) is 8.32. The van der Waals surface area contributed by atoms with Crippen molar-refractivity contribution in [2.45, 2.75) is 37.3 Å². The fraction of sp³-hybridized carbons (Fsp3) is 0.647. The summed E-state index contributed by atoms with van der Waals surface area (Å²) in [6.07, 6.45) is 4.81. The van der Waals surface area contributed by atoms with Crippen LogP contribution in [0.3, 0.4) is 0 Å². The molecule has 2 fully saturated rings. The third-order valence-electron chi connectivity index (χ3n) is 4.83. The summed E-state index contributed by atoms with van der Waals surface area (Å²) >= 11 is 0. The zero-order valence-corrected chi connectivity index (χ0v) is 14.5. The zero-order valence-electron chi connectivity index (χ0n) is 13.7. The molecule has 3 rings (SSSR count). The lowest BCUT2D eigenvalue weighted by atomic mass is 9.90. The van der Waals surface area contributed by atoms with Gasteiger partial charge in [0.2, 0.25) is 10.0 Å². The van der Waals surface area contributed by atoms with Crippen molar-refractivity contribution in [1.29, 1.82) is 0 Å². The van der Waals surface area contributed by atoms with Gasteiger partial charge in [-0.1, -0.05) is 30.3 Å². The number of hydrogen-bond acceptors (Lipinski definition) is 4. The Labute approximate surface area is 139 Å². The van der Waals surface area contributed by atoms with E-state index < -0.39 is 10.0 Å². The number of likely N-dealkylation sites (tertiary alicyclic amines) is 1.